The van der Waals surface area contributed by atoms with Crippen molar-refractivity contribution < 1.29 is 4.74 Å². The van der Waals surface area contributed by atoms with E-state index in [1.165, 1.54) is 54.7 Å². The molecule has 1 aromatic rings. The van der Waals surface area contributed by atoms with E-state index >= 15 is 0 Å². The number of hydrogen-bond acceptors (Lipinski definition) is 3. The molecule has 0 spiro atoms. The summed E-state index contributed by atoms with van der Waals surface area (Å²) in [4.78, 5) is 0. The first-order valence-corrected chi connectivity index (χ1v) is 9.43. The Morgan fingerprint density at radius 2 is 1.86 bits per heavy atom. The van der Waals surface area contributed by atoms with Crippen LogP contribution in [0.4, 0.5) is 0 Å². The van der Waals surface area contributed by atoms with Gasteiger partial charge in [-0.3, -0.25) is 0 Å². The standard InChI is InChI=1S/C18H27NOS/c1-20-17-6-5-15(14-7-11-21-12-8-14)13-16(17)18(19)9-3-2-4-10-18/h5-6,13-14H,2-4,7-12,19H2,1H3. The lowest BCUT2D eigenvalue weighted by Crippen LogP contribution is -2.39. The molecule has 0 atom stereocenters. The number of nitrogens with two attached hydrogens (primary N) is 1. The highest BCUT2D eigenvalue weighted by Crippen LogP contribution is 2.41. The molecule has 0 amide bonds. The van der Waals surface area contributed by atoms with Crippen molar-refractivity contribution in [1.82, 2.24) is 0 Å². The normalized spacial score (nSPS) is 23.0. The third-order valence-electron chi connectivity index (χ3n) is 5.20. The van der Waals surface area contributed by atoms with Crippen LogP contribution in [0.25, 0.3) is 0 Å². The molecule has 1 saturated heterocycles. The summed E-state index contributed by atoms with van der Waals surface area (Å²) in [6.07, 6.45) is 8.58. The third kappa shape index (κ3) is 3.24. The summed E-state index contributed by atoms with van der Waals surface area (Å²) in [7, 11) is 1.77. The fraction of sp³-hybridized carbons (Fsp3) is 0.667. The zero-order valence-corrected chi connectivity index (χ0v) is 13.9. The van der Waals surface area contributed by atoms with Gasteiger partial charge in [0.2, 0.25) is 0 Å². The van der Waals surface area contributed by atoms with Gasteiger partial charge < -0.3 is 10.5 Å². The fourth-order valence-corrected chi connectivity index (χ4v) is 4.96. The second-order valence-electron chi connectivity index (χ2n) is 6.56. The van der Waals surface area contributed by atoms with Crippen LogP contribution < -0.4 is 10.5 Å². The van der Waals surface area contributed by atoms with E-state index in [-0.39, 0.29) is 5.54 Å². The molecular formula is C18H27NOS. The van der Waals surface area contributed by atoms with Gasteiger partial charge in [-0.15, -0.1) is 0 Å². The van der Waals surface area contributed by atoms with E-state index in [4.69, 9.17) is 10.5 Å². The van der Waals surface area contributed by atoms with Gasteiger partial charge in [0.15, 0.2) is 0 Å². The molecular weight excluding hydrogens is 278 g/mol. The molecule has 1 heterocycles. The average molecular weight is 305 g/mol. The Hall–Kier alpha value is -0.670. The molecule has 2 nitrogen and oxygen atoms in total. The minimum atomic E-state index is -0.178. The van der Waals surface area contributed by atoms with Crippen molar-refractivity contribution in [3.8, 4) is 5.75 Å². The monoisotopic (exact) mass is 305 g/mol. The van der Waals surface area contributed by atoms with Crippen LogP contribution in [0, 0.1) is 0 Å². The largest absolute Gasteiger partial charge is 0.496 e. The SMILES string of the molecule is COc1ccc(C2CCSCC2)cc1C1(N)CCCCC1. The molecule has 2 aliphatic rings. The van der Waals surface area contributed by atoms with E-state index in [0.29, 0.717) is 5.92 Å². The number of ether oxygens (including phenoxy) is 1. The zero-order chi connectivity index (χ0) is 14.7. The number of thioether (sulfide) groups is 1. The van der Waals surface area contributed by atoms with E-state index in [1.54, 1.807) is 7.11 Å². The number of benzene rings is 1. The first-order chi connectivity index (χ1) is 10.2. The summed E-state index contributed by atoms with van der Waals surface area (Å²) in [6, 6.07) is 6.77. The second-order valence-corrected chi connectivity index (χ2v) is 7.79. The Bertz CT molecular complexity index is 476. The van der Waals surface area contributed by atoms with Gasteiger partial charge in [0.05, 0.1) is 7.11 Å². The van der Waals surface area contributed by atoms with Gasteiger partial charge in [0.1, 0.15) is 5.75 Å². The van der Waals surface area contributed by atoms with Crippen molar-refractivity contribution in [3.63, 3.8) is 0 Å². The van der Waals surface area contributed by atoms with Crippen LogP contribution in [0.5, 0.6) is 5.75 Å². The zero-order valence-electron chi connectivity index (χ0n) is 13.1. The highest BCUT2D eigenvalue weighted by atomic mass is 32.2. The quantitative estimate of drug-likeness (QED) is 0.897. The Balaban J connectivity index is 1.92. The lowest BCUT2D eigenvalue weighted by atomic mass is 9.76. The Labute approximate surface area is 132 Å². The highest BCUT2D eigenvalue weighted by Gasteiger charge is 2.32. The van der Waals surface area contributed by atoms with Gasteiger partial charge in [0, 0.05) is 11.1 Å². The van der Waals surface area contributed by atoms with Gasteiger partial charge in [-0.1, -0.05) is 25.3 Å². The van der Waals surface area contributed by atoms with Gasteiger partial charge in [-0.2, -0.15) is 11.8 Å². The molecule has 3 rings (SSSR count). The van der Waals surface area contributed by atoms with Crippen LogP contribution in [0.1, 0.15) is 62.0 Å². The predicted octanol–water partition coefficient (Wildman–Crippen LogP) is 4.42. The molecule has 3 heteroatoms. The first kappa shape index (κ1) is 15.2. The van der Waals surface area contributed by atoms with E-state index in [9.17, 15) is 0 Å². The maximum atomic E-state index is 6.77. The predicted molar refractivity (Wildman–Crippen MR) is 91.2 cm³/mol. The van der Waals surface area contributed by atoms with Crippen molar-refractivity contribution in [3.05, 3.63) is 29.3 Å². The molecule has 0 bridgehead atoms. The third-order valence-corrected chi connectivity index (χ3v) is 6.25. The molecule has 116 valence electrons. The van der Waals surface area contributed by atoms with Gasteiger partial charge in [-0.25, -0.2) is 0 Å². The minimum Gasteiger partial charge on any atom is -0.496 e. The van der Waals surface area contributed by atoms with E-state index in [2.05, 4.69) is 30.0 Å². The maximum Gasteiger partial charge on any atom is 0.123 e. The summed E-state index contributed by atoms with van der Waals surface area (Å²) in [5.41, 5.74) is 9.32. The van der Waals surface area contributed by atoms with Crippen molar-refractivity contribution in [1.29, 1.82) is 0 Å². The average Bonchev–Trinajstić information content (AvgIpc) is 2.56. The summed E-state index contributed by atoms with van der Waals surface area (Å²) in [5.74, 6) is 4.27. The van der Waals surface area contributed by atoms with Crippen LogP contribution in [0.2, 0.25) is 0 Å². The lowest BCUT2D eigenvalue weighted by molar-refractivity contribution is 0.288. The van der Waals surface area contributed by atoms with Crippen LogP contribution in [0.15, 0.2) is 18.2 Å². The summed E-state index contributed by atoms with van der Waals surface area (Å²) < 4.78 is 5.62. The molecule has 1 aromatic carbocycles. The van der Waals surface area contributed by atoms with Gasteiger partial charge in [-0.05, 0) is 60.8 Å². The molecule has 1 aliphatic heterocycles. The Morgan fingerprint density at radius 1 is 1.14 bits per heavy atom. The molecule has 2 fully saturated rings. The van der Waals surface area contributed by atoms with Crippen molar-refractivity contribution in [2.45, 2.75) is 56.4 Å². The molecule has 0 aromatic heterocycles. The van der Waals surface area contributed by atoms with E-state index in [1.807, 2.05) is 0 Å². The van der Waals surface area contributed by atoms with Crippen LogP contribution in [-0.2, 0) is 5.54 Å². The van der Waals surface area contributed by atoms with E-state index < -0.39 is 0 Å². The maximum absolute atomic E-state index is 6.77. The molecule has 1 saturated carbocycles. The number of rotatable bonds is 3. The molecule has 21 heavy (non-hydrogen) atoms. The van der Waals surface area contributed by atoms with Crippen LogP contribution in [-0.4, -0.2) is 18.6 Å². The smallest absolute Gasteiger partial charge is 0.123 e. The second kappa shape index (κ2) is 6.62. The van der Waals surface area contributed by atoms with Gasteiger partial charge >= 0.3 is 0 Å². The van der Waals surface area contributed by atoms with Crippen molar-refractivity contribution in [2.75, 3.05) is 18.6 Å². The van der Waals surface area contributed by atoms with Crippen LogP contribution >= 0.6 is 11.8 Å². The number of hydrogen-bond donors (Lipinski definition) is 1. The fourth-order valence-electron chi connectivity index (χ4n) is 3.85. The highest BCUT2D eigenvalue weighted by molar-refractivity contribution is 7.99. The Morgan fingerprint density at radius 3 is 2.52 bits per heavy atom. The molecule has 1 aliphatic carbocycles. The molecule has 2 N–H and O–H groups in total. The molecule has 0 unspecified atom stereocenters. The van der Waals surface area contributed by atoms with Crippen molar-refractivity contribution >= 4 is 11.8 Å². The number of methoxy groups -OCH3 is 1. The lowest BCUT2D eigenvalue weighted by Gasteiger charge is -2.35. The topological polar surface area (TPSA) is 35.2 Å². The summed E-state index contributed by atoms with van der Waals surface area (Å²) in [5, 5.41) is 0. The van der Waals surface area contributed by atoms with E-state index in [0.717, 1.165) is 18.6 Å². The van der Waals surface area contributed by atoms with Crippen molar-refractivity contribution in [2.24, 2.45) is 5.73 Å². The summed E-state index contributed by atoms with van der Waals surface area (Å²) in [6.45, 7) is 0. The summed E-state index contributed by atoms with van der Waals surface area (Å²) >= 11 is 2.08. The first-order valence-electron chi connectivity index (χ1n) is 8.28. The van der Waals surface area contributed by atoms with Gasteiger partial charge in [0.25, 0.3) is 0 Å². The van der Waals surface area contributed by atoms with Crippen LogP contribution in [0.3, 0.4) is 0 Å². The minimum absolute atomic E-state index is 0.178. The Kier molecular flexibility index (Phi) is 4.80. The molecule has 0 radical (unpaired) electrons.